The zero-order valence-corrected chi connectivity index (χ0v) is 15.0. The summed E-state index contributed by atoms with van der Waals surface area (Å²) in [5.74, 6) is 0.290. The van der Waals surface area contributed by atoms with Crippen LogP contribution in [0.2, 0.25) is 5.02 Å². The van der Waals surface area contributed by atoms with E-state index in [1.54, 1.807) is 30.3 Å². The fraction of sp³-hybridized carbons (Fsp3) is 0.200. The van der Waals surface area contributed by atoms with Crippen LogP contribution in [0.4, 0.5) is 5.69 Å². The molecule has 0 radical (unpaired) electrons. The van der Waals surface area contributed by atoms with Crippen LogP contribution in [0.1, 0.15) is 20.8 Å². The molecule has 1 aromatic heterocycles. The largest absolute Gasteiger partial charge is 0.456 e. The van der Waals surface area contributed by atoms with E-state index in [4.69, 9.17) is 16.0 Å². The Labute approximate surface area is 150 Å². The molecule has 0 fully saturated rings. The van der Waals surface area contributed by atoms with Crippen molar-refractivity contribution in [3.05, 3.63) is 63.8 Å². The van der Waals surface area contributed by atoms with Gasteiger partial charge < -0.3 is 9.73 Å². The van der Waals surface area contributed by atoms with Gasteiger partial charge in [0, 0.05) is 22.7 Å². The first-order valence-corrected chi connectivity index (χ1v) is 8.28. The van der Waals surface area contributed by atoms with E-state index in [1.807, 2.05) is 32.9 Å². The van der Waals surface area contributed by atoms with Crippen molar-refractivity contribution in [2.24, 2.45) is 5.41 Å². The zero-order valence-electron chi connectivity index (χ0n) is 14.2. The molecule has 0 bridgehead atoms. The molecule has 5 heteroatoms. The number of carbonyl (C=O) groups excluding carboxylic acids is 1. The minimum absolute atomic E-state index is 0.121. The Morgan fingerprint density at radius 1 is 1.08 bits per heavy atom. The van der Waals surface area contributed by atoms with Crippen molar-refractivity contribution < 1.29 is 9.21 Å². The highest BCUT2D eigenvalue weighted by molar-refractivity contribution is 6.33. The highest BCUT2D eigenvalue weighted by Gasteiger charge is 2.21. The van der Waals surface area contributed by atoms with Gasteiger partial charge in [-0.25, -0.2) is 0 Å². The third-order valence-corrected chi connectivity index (χ3v) is 4.14. The number of hydrogen-bond acceptors (Lipinski definition) is 3. The molecule has 3 rings (SSSR count). The van der Waals surface area contributed by atoms with Gasteiger partial charge in [-0.1, -0.05) is 44.5 Å². The van der Waals surface area contributed by atoms with Crippen LogP contribution in [0.3, 0.4) is 0 Å². The lowest BCUT2D eigenvalue weighted by Gasteiger charge is -2.17. The predicted octanol–water partition coefficient (Wildman–Crippen LogP) is 5.10. The topological polar surface area (TPSA) is 59.3 Å². The number of anilines is 1. The van der Waals surface area contributed by atoms with Crippen LogP contribution in [0.25, 0.3) is 22.3 Å². The number of nitrogens with one attached hydrogen (secondary N) is 1. The lowest BCUT2D eigenvalue weighted by molar-refractivity contribution is -0.123. The number of rotatable bonds is 2. The summed E-state index contributed by atoms with van der Waals surface area (Å²) in [6.07, 6.45) is 0. The molecule has 2 aromatic carbocycles. The normalized spacial score (nSPS) is 11.5. The molecule has 0 saturated carbocycles. The Bertz CT molecular complexity index is 1020. The van der Waals surface area contributed by atoms with E-state index in [0.29, 0.717) is 33.0 Å². The summed E-state index contributed by atoms with van der Waals surface area (Å²) in [4.78, 5) is 24.6. The number of amides is 1. The van der Waals surface area contributed by atoms with E-state index in [1.165, 1.54) is 6.07 Å². The van der Waals surface area contributed by atoms with Crippen molar-refractivity contribution in [1.29, 1.82) is 0 Å². The molecule has 0 aliphatic carbocycles. The standard InChI is InChI=1S/C20H18ClNO3/c1-20(2,3)19(24)22-12-8-9-17-14(10-12)16(23)11-18(25-17)13-6-4-5-7-15(13)21/h4-11H,1-3H3,(H,22,24). The maximum absolute atomic E-state index is 12.5. The monoisotopic (exact) mass is 355 g/mol. The van der Waals surface area contributed by atoms with Crippen molar-refractivity contribution in [1.82, 2.24) is 0 Å². The van der Waals surface area contributed by atoms with Gasteiger partial charge in [0.15, 0.2) is 5.43 Å². The van der Waals surface area contributed by atoms with Crippen LogP contribution in [-0.2, 0) is 4.79 Å². The van der Waals surface area contributed by atoms with Gasteiger partial charge in [-0.05, 0) is 30.3 Å². The minimum atomic E-state index is -0.520. The molecule has 0 spiro atoms. The molecule has 0 unspecified atom stereocenters. The summed E-state index contributed by atoms with van der Waals surface area (Å²) in [6.45, 7) is 5.48. The molecule has 1 heterocycles. The van der Waals surface area contributed by atoms with Gasteiger partial charge in [0.05, 0.1) is 10.4 Å². The zero-order chi connectivity index (χ0) is 18.2. The van der Waals surface area contributed by atoms with Gasteiger partial charge in [-0.2, -0.15) is 0 Å². The molecule has 4 nitrogen and oxygen atoms in total. The van der Waals surface area contributed by atoms with E-state index >= 15 is 0 Å². The second kappa shape index (κ2) is 6.37. The van der Waals surface area contributed by atoms with E-state index in [-0.39, 0.29) is 11.3 Å². The fourth-order valence-electron chi connectivity index (χ4n) is 2.35. The summed E-state index contributed by atoms with van der Waals surface area (Å²) >= 11 is 6.18. The molecule has 0 aliphatic rings. The van der Waals surface area contributed by atoms with Gasteiger partial charge in [-0.15, -0.1) is 0 Å². The Morgan fingerprint density at radius 3 is 2.48 bits per heavy atom. The Kier molecular flexibility index (Phi) is 4.39. The van der Waals surface area contributed by atoms with Gasteiger partial charge in [0.2, 0.25) is 5.91 Å². The second-order valence-corrected chi connectivity index (χ2v) is 7.28. The number of benzene rings is 2. The number of halogens is 1. The fourth-order valence-corrected chi connectivity index (χ4v) is 2.58. The lowest BCUT2D eigenvalue weighted by atomic mass is 9.95. The molecule has 1 amide bonds. The molecular formula is C20H18ClNO3. The van der Waals surface area contributed by atoms with Crippen molar-refractivity contribution >= 4 is 34.2 Å². The summed E-state index contributed by atoms with van der Waals surface area (Å²) in [5, 5.41) is 3.73. The average Bonchev–Trinajstić information content (AvgIpc) is 2.55. The SMILES string of the molecule is CC(C)(C)C(=O)Nc1ccc2oc(-c3ccccc3Cl)cc(=O)c2c1. The van der Waals surface area contributed by atoms with Gasteiger partial charge in [0.25, 0.3) is 0 Å². The quantitative estimate of drug-likeness (QED) is 0.695. The molecular weight excluding hydrogens is 338 g/mol. The van der Waals surface area contributed by atoms with E-state index in [9.17, 15) is 9.59 Å². The average molecular weight is 356 g/mol. The molecule has 1 N–H and O–H groups in total. The first-order chi connectivity index (χ1) is 11.8. The Morgan fingerprint density at radius 2 is 1.80 bits per heavy atom. The minimum Gasteiger partial charge on any atom is -0.456 e. The number of carbonyl (C=O) groups is 1. The van der Waals surface area contributed by atoms with Gasteiger partial charge in [-0.3, -0.25) is 9.59 Å². The smallest absolute Gasteiger partial charge is 0.229 e. The van der Waals surface area contributed by atoms with Crippen molar-refractivity contribution in [2.75, 3.05) is 5.32 Å². The molecule has 25 heavy (non-hydrogen) atoms. The highest BCUT2D eigenvalue weighted by Crippen LogP contribution is 2.29. The molecule has 0 saturated heterocycles. The molecule has 128 valence electrons. The first kappa shape index (κ1) is 17.2. The van der Waals surface area contributed by atoms with Crippen LogP contribution in [0, 0.1) is 5.41 Å². The summed E-state index contributed by atoms with van der Waals surface area (Å²) < 4.78 is 5.84. The van der Waals surface area contributed by atoms with Crippen molar-refractivity contribution in [2.45, 2.75) is 20.8 Å². The van der Waals surface area contributed by atoms with Crippen LogP contribution < -0.4 is 10.7 Å². The van der Waals surface area contributed by atoms with Crippen LogP contribution in [0.5, 0.6) is 0 Å². The van der Waals surface area contributed by atoms with Gasteiger partial charge >= 0.3 is 0 Å². The van der Waals surface area contributed by atoms with Crippen molar-refractivity contribution in [3.8, 4) is 11.3 Å². The van der Waals surface area contributed by atoms with E-state index < -0.39 is 5.41 Å². The summed E-state index contributed by atoms with van der Waals surface area (Å²) in [7, 11) is 0. The molecule has 0 aliphatic heterocycles. The van der Waals surface area contributed by atoms with Crippen LogP contribution >= 0.6 is 11.6 Å². The number of hydrogen-bond donors (Lipinski definition) is 1. The predicted molar refractivity (Wildman–Crippen MR) is 101 cm³/mol. The van der Waals surface area contributed by atoms with E-state index in [0.717, 1.165) is 0 Å². The Balaban J connectivity index is 2.04. The highest BCUT2D eigenvalue weighted by atomic mass is 35.5. The van der Waals surface area contributed by atoms with Crippen molar-refractivity contribution in [3.63, 3.8) is 0 Å². The third-order valence-electron chi connectivity index (χ3n) is 3.81. The first-order valence-electron chi connectivity index (χ1n) is 7.90. The number of fused-ring (bicyclic) bond motifs is 1. The molecule has 3 aromatic rings. The van der Waals surface area contributed by atoms with Gasteiger partial charge in [0.1, 0.15) is 11.3 Å². The van der Waals surface area contributed by atoms with Crippen LogP contribution in [0.15, 0.2) is 57.7 Å². The van der Waals surface area contributed by atoms with E-state index in [2.05, 4.69) is 5.32 Å². The Hall–Kier alpha value is -2.59. The maximum atomic E-state index is 12.5. The summed E-state index contributed by atoms with van der Waals surface area (Å²) in [5.41, 5.74) is 0.950. The maximum Gasteiger partial charge on any atom is 0.229 e. The molecule has 0 atom stereocenters. The second-order valence-electron chi connectivity index (χ2n) is 6.87. The van der Waals surface area contributed by atoms with Crippen LogP contribution in [-0.4, -0.2) is 5.91 Å². The third kappa shape index (κ3) is 3.59. The lowest BCUT2D eigenvalue weighted by Crippen LogP contribution is -2.27. The summed E-state index contributed by atoms with van der Waals surface area (Å²) in [6, 6.07) is 13.6.